The number of phenolic OH excluding ortho intramolecular Hbond substituents is 1. The number of Topliss-reactive ketones (excluding diaryl/α,β-unsaturated/α-hetero) is 2. The van der Waals surface area contributed by atoms with Crippen LogP contribution < -0.4 is 16.4 Å². The predicted molar refractivity (Wildman–Crippen MR) is 169 cm³/mol. The molecule has 1 fully saturated rings. The summed E-state index contributed by atoms with van der Waals surface area (Å²) in [6.45, 7) is 1.79. The number of nitrogens with two attached hydrogens (primary N) is 1. The molecule has 0 spiro atoms. The van der Waals surface area contributed by atoms with Crippen molar-refractivity contribution >= 4 is 59.6 Å². The highest BCUT2D eigenvalue weighted by Crippen LogP contribution is 2.56. The summed E-state index contributed by atoms with van der Waals surface area (Å²) in [5, 5.41) is 62.5. The highest BCUT2D eigenvalue weighted by atomic mass is 35.5. The van der Waals surface area contributed by atoms with Gasteiger partial charge < -0.3 is 41.9 Å². The van der Waals surface area contributed by atoms with E-state index in [0.29, 0.717) is 17.8 Å². The van der Waals surface area contributed by atoms with E-state index in [-0.39, 0.29) is 42.6 Å². The van der Waals surface area contributed by atoms with E-state index < -0.39 is 87.3 Å². The summed E-state index contributed by atoms with van der Waals surface area (Å²) < 4.78 is 0. The molecule has 2 aromatic rings. The lowest BCUT2D eigenvalue weighted by molar-refractivity contribution is -0.169. The summed E-state index contributed by atoms with van der Waals surface area (Å²) in [6, 6.07) is 6.83. The fraction of sp³-hybridized carbons (Fsp3) is 0.367. The van der Waals surface area contributed by atoms with E-state index in [1.54, 1.807) is 31.3 Å². The van der Waals surface area contributed by atoms with Gasteiger partial charge in [0.25, 0.3) is 5.91 Å². The van der Waals surface area contributed by atoms with E-state index >= 15 is 0 Å². The van der Waals surface area contributed by atoms with Crippen LogP contribution in [0.25, 0.3) is 5.76 Å². The first kappa shape index (κ1) is 36.4. The first-order chi connectivity index (χ1) is 20.7. The monoisotopic (exact) mass is 679 g/mol. The van der Waals surface area contributed by atoms with Crippen molar-refractivity contribution in [2.75, 3.05) is 26.0 Å². The lowest BCUT2D eigenvalue weighted by atomic mass is 9.54. The number of aromatic nitrogens is 1. The molecule has 0 aliphatic heterocycles. The van der Waals surface area contributed by atoms with E-state index in [1.807, 2.05) is 0 Å². The Kier molecular flexibility index (Phi) is 10.6. The molecule has 5 rings (SSSR count). The maximum absolute atomic E-state index is 14.1. The largest absolute Gasteiger partial charge is 0.508 e. The van der Waals surface area contributed by atoms with Gasteiger partial charge >= 0.3 is 0 Å². The minimum absolute atomic E-state index is 0. The molecule has 4 unspecified atom stereocenters. The summed E-state index contributed by atoms with van der Waals surface area (Å²) in [4.78, 5) is 57.6. The number of phenols is 1. The fourth-order valence-corrected chi connectivity index (χ4v) is 6.72. The fourth-order valence-electron chi connectivity index (χ4n) is 6.72. The smallest absolute Gasteiger partial charge is 0.255 e. The lowest BCUT2D eigenvalue weighted by Gasteiger charge is -2.53. The van der Waals surface area contributed by atoms with Gasteiger partial charge in [-0.1, -0.05) is 19.1 Å². The topological polar surface area (TPSA) is 236 Å². The molecule has 16 heteroatoms. The number of aromatic hydroxyl groups is 1. The van der Waals surface area contributed by atoms with Gasteiger partial charge in [0.2, 0.25) is 11.7 Å². The van der Waals surface area contributed by atoms with Crippen molar-refractivity contribution in [1.29, 1.82) is 0 Å². The van der Waals surface area contributed by atoms with Gasteiger partial charge in [-0.15, -0.1) is 24.8 Å². The SMILES string of the molecule is CC1c2ccc(NC(=O)CNCc3ccccn3)c(O)c2C(O)=C2C(=O)[C@]3(O)C(O)=C(C(N)=O)C(=O)[C@@H](N(C)C)C3C(O)C21.Cl.Cl. The van der Waals surface area contributed by atoms with E-state index in [9.17, 15) is 44.7 Å². The highest BCUT2D eigenvalue weighted by Gasteiger charge is 2.68. The van der Waals surface area contributed by atoms with Crippen molar-refractivity contribution in [2.45, 2.75) is 37.1 Å². The molecular weight excluding hydrogens is 645 g/mol. The van der Waals surface area contributed by atoms with Crippen LogP contribution >= 0.6 is 24.8 Å². The van der Waals surface area contributed by atoms with Gasteiger partial charge in [-0.3, -0.25) is 29.1 Å². The number of amides is 2. The zero-order valence-electron chi connectivity index (χ0n) is 24.9. The van der Waals surface area contributed by atoms with E-state index in [4.69, 9.17) is 5.73 Å². The molecule has 3 aliphatic rings. The van der Waals surface area contributed by atoms with E-state index in [1.165, 1.54) is 31.1 Å². The molecule has 9 N–H and O–H groups in total. The average molecular weight is 681 g/mol. The molecular formula is C30H35Cl2N5O9. The summed E-state index contributed by atoms with van der Waals surface area (Å²) in [6.07, 6.45) is -0.0793. The van der Waals surface area contributed by atoms with Gasteiger partial charge in [0.05, 0.1) is 41.6 Å². The second-order valence-corrected chi connectivity index (χ2v) is 11.4. The number of hydrogen-bond donors (Lipinski definition) is 8. The van der Waals surface area contributed by atoms with Crippen LogP contribution in [0.4, 0.5) is 5.69 Å². The van der Waals surface area contributed by atoms with Crippen LogP contribution in [0.2, 0.25) is 0 Å². The Morgan fingerprint density at radius 2 is 1.76 bits per heavy atom. The number of benzene rings is 1. The number of aliphatic hydroxyl groups excluding tert-OH is 3. The molecule has 0 saturated heterocycles. The van der Waals surface area contributed by atoms with Gasteiger partial charge in [-0.2, -0.15) is 0 Å². The Morgan fingerprint density at radius 1 is 1.09 bits per heavy atom. The number of halogens is 2. The van der Waals surface area contributed by atoms with E-state index in [0.717, 1.165) is 0 Å². The number of nitrogens with one attached hydrogen (secondary N) is 2. The normalized spacial score (nSPS) is 26.8. The Bertz CT molecular complexity index is 1650. The number of primary amides is 1. The number of ketones is 2. The average Bonchev–Trinajstić information content (AvgIpc) is 2.96. The standard InChI is InChI=1S/C30H33N5O9.2ClH/c1-12-14-7-8-15(34-16(36)11-32-10-13-6-4-5-9-33-13)23(37)18(14)24(38)19-17(12)25(39)21-22(35(2)3)26(40)20(29(31)43)28(42)30(21,44)27(19)41;;/h4-9,12,17,21-22,25,32,37-39,42,44H,10-11H2,1-3H3,(H2,31,43)(H,34,36);2*1H/t12?,17?,21?,22-,25?,30-;;/m0../s1. The quantitative estimate of drug-likeness (QED) is 0.147. The Balaban J connectivity index is 0.00000288. The van der Waals surface area contributed by atoms with Crippen LogP contribution in [0.5, 0.6) is 5.75 Å². The van der Waals surface area contributed by atoms with Crippen molar-refractivity contribution in [3.8, 4) is 5.75 Å². The number of pyridine rings is 1. The first-order valence-electron chi connectivity index (χ1n) is 13.8. The second-order valence-electron chi connectivity index (χ2n) is 11.4. The van der Waals surface area contributed by atoms with Crippen LogP contribution in [0.15, 0.2) is 53.4 Å². The molecule has 6 atom stereocenters. The van der Waals surface area contributed by atoms with Gasteiger partial charge in [0.1, 0.15) is 22.8 Å². The Labute approximate surface area is 275 Å². The molecule has 248 valence electrons. The second kappa shape index (κ2) is 13.4. The minimum Gasteiger partial charge on any atom is -0.508 e. The lowest BCUT2D eigenvalue weighted by Crippen LogP contribution is -2.70. The molecule has 0 bridgehead atoms. The van der Waals surface area contributed by atoms with Crippen molar-refractivity contribution in [1.82, 2.24) is 15.2 Å². The zero-order chi connectivity index (χ0) is 32.2. The van der Waals surface area contributed by atoms with Crippen molar-refractivity contribution < 1.29 is 44.7 Å². The van der Waals surface area contributed by atoms with Crippen LogP contribution in [-0.2, 0) is 25.7 Å². The van der Waals surface area contributed by atoms with Crippen molar-refractivity contribution in [3.63, 3.8) is 0 Å². The summed E-state index contributed by atoms with van der Waals surface area (Å²) in [7, 11) is 2.87. The molecule has 1 heterocycles. The Morgan fingerprint density at radius 3 is 2.35 bits per heavy atom. The number of nitrogens with zero attached hydrogens (tertiary/aromatic N) is 2. The van der Waals surface area contributed by atoms with Crippen LogP contribution in [0, 0.1) is 11.8 Å². The third kappa shape index (κ3) is 5.50. The maximum atomic E-state index is 14.1. The van der Waals surface area contributed by atoms with Crippen LogP contribution in [0.3, 0.4) is 0 Å². The molecule has 1 aromatic carbocycles. The number of fused-ring (bicyclic) bond motifs is 3. The van der Waals surface area contributed by atoms with Gasteiger partial charge in [0.15, 0.2) is 11.4 Å². The van der Waals surface area contributed by atoms with Crippen molar-refractivity contribution in [3.05, 3.63) is 70.3 Å². The third-order valence-corrected chi connectivity index (χ3v) is 8.72. The summed E-state index contributed by atoms with van der Waals surface area (Å²) in [5.41, 5.74) is 1.54. The van der Waals surface area contributed by atoms with Gasteiger partial charge in [-0.25, -0.2) is 0 Å². The first-order valence-corrected chi connectivity index (χ1v) is 13.8. The number of likely N-dealkylation sites (N-methyl/N-ethyl adjacent to an activating group) is 1. The van der Waals surface area contributed by atoms with Gasteiger partial charge in [-0.05, 0) is 43.8 Å². The summed E-state index contributed by atoms with van der Waals surface area (Å²) >= 11 is 0. The molecule has 46 heavy (non-hydrogen) atoms. The number of anilines is 1. The predicted octanol–water partition coefficient (Wildman–Crippen LogP) is 0.463. The molecule has 3 aliphatic carbocycles. The maximum Gasteiger partial charge on any atom is 0.255 e. The highest BCUT2D eigenvalue weighted by molar-refractivity contribution is 6.24. The molecule has 0 radical (unpaired) electrons. The Hall–Kier alpha value is -4.05. The number of hydrogen-bond acceptors (Lipinski definition) is 12. The molecule has 1 saturated carbocycles. The van der Waals surface area contributed by atoms with E-state index in [2.05, 4.69) is 15.6 Å². The van der Waals surface area contributed by atoms with Crippen LogP contribution in [-0.4, -0.2) is 97.2 Å². The zero-order valence-corrected chi connectivity index (χ0v) is 26.6. The minimum atomic E-state index is -3.01. The number of rotatable bonds is 7. The number of carbonyl (C=O) groups excluding carboxylic acids is 4. The van der Waals surface area contributed by atoms with Crippen LogP contribution in [0.1, 0.15) is 29.7 Å². The third-order valence-electron chi connectivity index (χ3n) is 8.72. The molecule has 2 amide bonds. The number of carbonyl (C=O) groups is 4. The van der Waals surface area contributed by atoms with Crippen molar-refractivity contribution in [2.24, 2.45) is 17.6 Å². The molecule has 1 aromatic heterocycles. The number of aliphatic hydroxyl groups is 4. The van der Waals surface area contributed by atoms with Gasteiger partial charge in [0, 0.05) is 24.2 Å². The molecule has 14 nitrogen and oxygen atoms in total. The summed E-state index contributed by atoms with van der Waals surface area (Å²) in [5.74, 6) is -10.4.